The highest BCUT2D eigenvalue weighted by Crippen LogP contribution is 2.12. The van der Waals surface area contributed by atoms with Gasteiger partial charge in [0.05, 0.1) is 4.90 Å². The maximum absolute atomic E-state index is 12.1. The molecule has 0 atom stereocenters. The summed E-state index contributed by atoms with van der Waals surface area (Å²) in [5, 5.41) is 0. The van der Waals surface area contributed by atoms with Crippen LogP contribution in [-0.2, 0) is 10.0 Å². The maximum atomic E-state index is 12.1. The van der Waals surface area contributed by atoms with Gasteiger partial charge in [-0.15, -0.1) is 0 Å². The SMILES string of the molecule is NNc1cc(S(=O)(=O)NCCCN2CCCC2)ccn1. The zero-order valence-corrected chi connectivity index (χ0v) is 12.2. The lowest BCUT2D eigenvalue weighted by Crippen LogP contribution is -2.29. The summed E-state index contributed by atoms with van der Waals surface area (Å²) in [6.45, 7) is 3.63. The first-order chi connectivity index (χ1) is 9.62. The van der Waals surface area contributed by atoms with Crippen molar-refractivity contribution in [2.24, 2.45) is 5.84 Å². The molecule has 1 fully saturated rings. The number of likely N-dealkylation sites (tertiary alicyclic amines) is 1. The molecule has 0 aliphatic carbocycles. The van der Waals surface area contributed by atoms with Gasteiger partial charge in [0, 0.05) is 18.8 Å². The van der Waals surface area contributed by atoms with Crippen molar-refractivity contribution in [3.05, 3.63) is 18.3 Å². The number of aromatic nitrogens is 1. The molecule has 112 valence electrons. The summed E-state index contributed by atoms with van der Waals surface area (Å²) in [6, 6.07) is 2.85. The Hall–Kier alpha value is -1.22. The van der Waals surface area contributed by atoms with Crippen molar-refractivity contribution in [3.63, 3.8) is 0 Å². The average Bonchev–Trinajstić information content (AvgIpc) is 2.97. The molecule has 4 N–H and O–H groups in total. The lowest BCUT2D eigenvalue weighted by molar-refractivity contribution is 0.334. The van der Waals surface area contributed by atoms with Crippen molar-refractivity contribution in [1.29, 1.82) is 0 Å². The van der Waals surface area contributed by atoms with E-state index >= 15 is 0 Å². The molecule has 0 spiro atoms. The summed E-state index contributed by atoms with van der Waals surface area (Å²) in [5.74, 6) is 5.54. The normalized spacial score (nSPS) is 16.4. The molecule has 2 rings (SSSR count). The number of hydrazine groups is 1. The second-order valence-corrected chi connectivity index (χ2v) is 6.59. The van der Waals surface area contributed by atoms with E-state index in [1.807, 2.05) is 0 Å². The predicted octanol–water partition coefficient (Wildman–Crippen LogP) is 0.131. The zero-order valence-electron chi connectivity index (χ0n) is 11.4. The highest BCUT2D eigenvalue weighted by molar-refractivity contribution is 7.89. The molecule has 7 nitrogen and oxygen atoms in total. The zero-order chi connectivity index (χ0) is 14.4. The molecule has 20 heavy (non-hydrogen) atoms. The third kappa shape index (κ3) is 4.14. The third-order valence-corrected chi connectivity index (χ3v) is 4.79. The van der Waals surface area contributed by atoms with Crippen LogP contribution in [0.1, 0.15) is 19.3 Å². The molecule has 0 saturated carbocycles. The van der Waals surface area contributed by atoms with Gasteiger partial charge in [0.2, 0.25) is 10.0 Å². The van der Waals surface area contributed by atoms with E-state index in [-0.39, 0.29) is 4.90 Å². The van der Waals surface area contributed by atoms with E-state index in [9.17, 15) is 8.42 Å². The van der Waals surface area contributed by atoms with E-state index in [4.69, 9.17) is 5.84 Å². The van der Waals surface area contributed by atoms with Crippen LogP contribution in [0.25, 0.3) is 0 Å². The van der Waals surface area contributed by atoms with Gasteiger partial charge < -0.3 is 10.3 Å². The first-order valence-corrected chi connectivity index (χ1v) is 8.25. The number of sulfonamides is 1. The number of hydrogen-bond acceptors (Lipinski definition) is 6. The fourth-order valence-electron chi connectivity index (χ4n) is 2.26. The summed E-state index contributed by atoms with van der Waals surface area (Å²) < 4.78 is 26.8. The summed E-state index contributed by atoms with van der Waals surface area (Å²) in [7, 11) is -3.49. The van der Waals surface area contributed by atoms with Gasteiger partial charge in [-0.3, -0.25) is 0 Å². The van der Waals surface area contributed by atoms with Crippen LogP contribution in [0.2, 0.25) is 0 Å². The Morgan fingerprint density at radius 3 is 2.80 bits per heavy atom. The molecule has 1 aliphatic rings. The number of nitrogen functional groups attached to an aromatic ring is 1. The smallest absolute Gasteiger partial charge is 0.240 e. The quantitative estimate of drug-likeness (QED) is 0.376. The Morgan fingerprint density at radius 2 is 2.10 bits per heavy atom. The molecule has 1 aromatic rings. The molecular weight excluding hydrogens is 278 g/mol. The Labute approximate surface area is 119 Å². The Balaban J connectivity index is 1.83. The second-order valence-electron chi connectivity index (χ2n) is 4.82. The number of anilines is 1. The molecule has 2 heterocycles. The van der Waals surface area contributed by atoms with Crippen molar-refractivity contribution in [2.75, 3.05) is 31.6 Å². The van der Waals surface area contributed by atoms with E-state index in [0.29, 0.717) is 12.4 Å². The number of nitrogens with zero attached hydrogens (tertiary/aromatic N) is 2. The number of hydrogen-bond donors (Lipinski definition) is 3. The minimum Gasteiger partial charge on any atom is -0.308 e. The van der Waals surface area contributed by atoms with Gasteiger partial charge in [0.25, 0.3) is 0 Å². The van der Waals surface area contributed by atoms with Crippen LogP contribution in [-0.4, -0.2) is 44.5 Å². The molecule has 0 aromatic carbocycles. The minimum absolute atomic E-state index is 0.168. The van der Waals surface area contributed by atoms with Crippen LogP contribution in [0.3, 0.4) is 0 Å². The van der Waals surface area contributed by atoms with E-state index in [1.165, 1.54) is 31.2 Å². The van der Waals surface area contributed by atoms with Crippen LogP contribution in [0.15, 0.2) is 23.2 Å². The van der Waals surface area contributed by atoms with E-state index in [1.54, 1.807) is 0 Å². The van der Waals surface area contributed by atoms with E-state index < -0.39 is 10.0 Å². The largest absolute Gasteiger partial charge is 0.308 e. The number of rotatable bonds is 7. The van der Waals surface area contributed by atoms with Crippen molar-refractivity contribution >= 4 is 15.8 Å². The van der Waals surface area contributed by atoms with Crippen molar-refractivity contribution in [1.82, 2.24) is 14.6 Å². The van der Waals surface area contributed by atoms with E-state index in [2.05, 4.69) is 20.0 Å². The van der Waals surface area contributed by atoms with E-state index in [0.717, 1.165) is 26.1 Å². The van der Waals surface area contributed by atoms with Gasteiger partial charge in [-0.2, -0.15) is 0 Å². The standard InChI is InChI=1S/C12H21N5O2S/c13-16-12-10-11(4-6-14-12)20(18,19)15-5-3-9-17-7-1-2-8-17/h4,6,10,15H,1-3,5,7-9,13H2,(H,14,16). The van der Waals surface area contributed by atoms with Crippen LogP contribution in [0.5, 0.6) is 0 Å². The lowest BCUT2D eigenvalue weighted by atomic mass is 10.4. The summed E-state index contributed by atoms with van der Waals surface area (Å²) in [5.41, 5.74) is 2.33. The third-order valence-electron chi connectivity index (χ3n) is 3.33. The Bertz CT molecular complexity index is 528. The second kappa shape index (κ2) is 6.98. The monoisotopic (exact) mass is 299 g/mol. The predicted molar refractivity (Wildman–Crippen MR) is 77.5 cm³/mol. The van der Waals surface area contributed by atoms with Gasteiger partial charge >= 0.3 is 0 Å². The summed E-state index contributed by atoms with van der Waals surface area (Å²) in [6.07, 6.45) is 4.72. The first-order valence-electron chi connectivity index (χ1n) is 6.76. The molecule has 0 radical (unpaired) electrons. The fourth-order valence-corrected chi connectivity index (χ4v) is 3.34. The Kier molecular flexibility index (Phi) is 5.30. The van der Waals surface area contributed by atoms with Crippen molar-refractivity contribution in [3.8, 4) is 0 Å². The molecule has 8 heteroatoms. The topological polar surface area (TPSA) is 100 Å². The number of nitrogens with two attached hydrogens (primary N) is 1. The summed E-state index contributed by atoms with van der Waals surface area (Å²) >= 11 is 0. The molecule has 1 saturated heterocycles. The molecule has 1 aromatic heterocycles. The molecule has 0 unspecified atom stereocenters. The molecular formula is C12H21N5O2S. The van der Waals surface area contributed by atoms with Crippen molar-refractivity contribution in [2.45, 2.75) is 24.2 Å². The molecule has 0 amide bonds. The first kappa shape index (κ1) is 15.2. The van der Waals surface area contributed by atoms with Crippen LogP contribution >= 0.6 is 0 Å². The van der Waals surface area contributed by atoms with Gasteiger partial charge in [-0.05, 0) is 45.0 Å². The van der Waals surface area contributed by atoms with Crippen LogP contribution in [0, 0.1) is 0 Å². The van der Waals surface area contributed by atoms with Gasteiger partial charge in [0.15, 0.2) is 0 Å². The summed E-state index contributed by atoms with van der Waals surface area (Å²) in [4.78, 5) is 6.41. The molecule has 1 aliphatic heterocycles. The van der Waals surface area contributed by atoms with Crippen LogP contribution < -0.4 is 16.0 Å². The maximum Gasteiger partial charge on any atom is 0.240 e. The molecule has 0 bridgehead atoms. The minimum atomic E-state index is -3.49. The van der Waals surface area contributed by atoms with Gasteiger partial charge in [-0.1, -0.05) is 0 Å². The average molecular weight is 299 g/mol. The number of nitrogens with one attached hydrogen (secondary N) is 2. The fraction of sp³-hybridized carbons (Fsp3) is 0.583. The Morgan fingerprint density at radius 1 is 1.35 bits per heavy atom. The van der Waals surface area contributed by atoms with Gasteiger partial charge in [0.1, 0.15) is 5.82 Å². The highest BCUT2D eigenvalue weighted by atomic mass is 32.2. The highest BCUT2D eigenvalue weighted by Gasteiger charge is 2.15. The van der Waals surface area contributed by atoms with Crippen molar-refractivity contribution < 1.29 is 8.42 Å². The number of pyridine rings is 1. The van der Waals surface area contributed by atoms with Crippen LogP contribution in [0.4, 0.5) is 5.82 Å². The van der Waals surface area contributed by atoms with Gasteiger partial charge in [-0.25, -0.2) is 24.0 Å². The lowest BCUT2D eigenvalue weighted by Gasteiger charge is -2.14.